The first kappa shape index (κ1) is 47.2. The van der Waals surface area contributed by atoms with Crippen LogP contribution < -0.4 is 16.0 Å². The third-order valence-corrected chi connectivity index (χ3v) is 10.2. The van der Waals surface area contributed by atoms with E-state index in [0.717, 1.165) is 24.7 Å². The Bertz CT molecular complexity index is 910. The van der Waals surface area contributed by atoms with Crippen LogP contribution in [0.3, 0.4) is 0 Å². The summed E-state index contributed by atoms with van der Waals surface area (Å²) in [7, 11) is 5.46. The van der Waals surface area contributed by atoms with Gasteiger partial charge in [-0.2, -0.15) is 0 Å². The summed E-state index contributed by atoms with van der Waals surface area (Å²) in [6.07, 6.45) is 21.2. The zero-order valence-corrected chi connectivity index (χ0v) is 34.4. The Hall–Kier alpha value is -1.87. The van der Waals surface area contributed by atoms with Crippen molar-refractivity contribution >= 4 is 0 Å². The molecule has 0 spiro atoms. The first-order chi connectivity index (χ1) is 25.2. The molecule has 7 heteroatoms. The molecule has 3 saturated heterocycles. The van der Waals surface area contributed by atoms with E-state index in [1.165, 1.54) is 102 Å². The zero-order valence-electron chi connectivity index (χ0n) is 34.4. The molecule has 1 aromatic heterocycles. The average Bonchev–Trinajstić information content (AvgIpc) is 3.24. The quantitative estimate of drug-likeness (QED) is 0.239. The summed E-state index contributed by atoms with van der Waals surface area (Å²) in [6.45, 7) is 15.4. The topological polar surface area (TPSA) is 76.7 Å². The number of methoxy groups -OCH3 is 3. The second-order valence-electron chi connectivity index (χ2n) is 13.2. The minimum absolute atomic E-state index is 0.0894. The van der Waals surface area contributed by atoms with Crippen molar-refractivity contribution < 1.29 is 14.2 Å². The molecule has 1 saturated carbocycles. The molecule has 0 bridgehead atoms. The summed E-state index contributed by atoms with van der Waals surface area (Å²) in [4.78, 5) is 4.36. The van der Waals surface area contributed by atoms with Crippen molar-refractivity contribution in [2.75, 3.05) is 41.0 Å². The van der Waals surface area contributed by atoms with Gasteiger partial charge in [0.1, 0.15) is 6.10 Å². The highest BCUT2D eigenvalue weighted by Crippen LogP contribution is 2.31. The van der Waals surface area contributed by atoms with Gasteiger partial charge < -0.3 is 30.2 Å². The lowest BCUT2D eigenvalue weighted by atomic mass is 9.81. The van der Waals surface area contributed by atoms with Crippen molar-refractivity contribution in [1.82, 2.24) is 20.9 Å². The number of aromatic nitrogens is 1. The maximum Gasteiger partial charge on any atom is 0.114 e. The van der Waals surface area contributed by atoms with Crippen LogP contribution in [0.5, 0.6) is 0 Å². The van der Waals surface area contributed by atoms with E-state index in [2.05, 4.69) is 45.2 Å². The molecular formula is C44H80N4O3. The Morgan fingerprint density at radius 1 is 0.510 bits per heavy atom. The van der Waals surface area contributed by atoms with Crippen molar-refractivity contribution in [2.45, 2.75) is 168 Å². The van der Waals surface area contributed by atoms with Gasteiger partial charge in [0.25, 0.3) is 0 Å². The highest BCUT2D eigenvalue weighted by atomic mass is 16.5. The normalized spacial score (nSPS) is 23.5. The third-order valence-electron chi connectivity index (χ3n) is 10.2. The van der Waals surface area contributed by atoms with Crippen molar-refractivity contribution in [3.8, 4) is 0 Å². The van der Waals surface area contributed by atoms with Gasteiger partial charge in [0, 0.05) is 45.7 Å². The van der Waals surface area contributed by atoms with E-state index in [0.29, 0.717) is 24.2 Å². The van der Waals surface area contributed by atoms with Crippen LogP contribution in [0.4, 0.5) is 0 Å². The highest BCUT2D eigenvalue weighted by molar-refractivity contribution is 5.19. The van der Waals surface area contributed by atoms with Crippen molar-refractivity contribution in [1.29, 1.82) is 0 Å². The number of hydrogen-bond acceptors (Lipinski definition) is 7. The summed E-state index contributed by atoms with van der Waals surface area (Å²) >= 11 is 0. The molecule has 0 amide bonds. The van der Waals surface area contributed by atoms with E-state index < -0.39 is 0 Å². The highest BCUT2D eigenvalue weighted by Gasteiger charge is 2.31. The molecule has 3 aliphatic heterocycles. The minimum Gasteiger partial charge on any atom is -0.380 e. The smallest absolute Gasteiger partial charge is 0.114 e. The number of ether oxygens (including phenoxy) is 3. The molecule has 4 fully saturated rings. The fraction of sp³-hybridized carbons (Fsp3) is 0.750. The number of benzene rings is 1. The van der Waals surface area contributed by atoms with E-state index in [-0.39, 0.29) is 12.2 Å². The summed E-state index contributed by atoms with van der Waals surface area (Å²) < 4.78 is 16.9. The fourth-order valence-electron chi connectivity index (χ4n) is 7.79. The number of nitrogens with one attached hydrogen (secondary N) is 3. The molecule has 6 unspecified atom stereocenters. The Morgan fingerprint density at radius 3 is 1.41 bits per heavy atom. The molecule has 51 heavy (non-hydrogen) atoms. The van der Waals surface area contributed by atoms with Crippen LogP contribution in [0.2, 0.25) is 0 Å². The molecule has 6 atom stereocenters. The molecule has 0 radical (unpaired) electrons. The average molecular weight is 713 g/mol. The lowest BCUT2D eigenvalue weighted by molar-refractivity contribution is 0.00173. The van der Waals surface area contributed by atoms with E-state index in [9.17, 15) is 0 Å². The molecule has 294 valence electrons. The number of nitrogens with zero attached hydrogens (tertiary/aromatic N) is 1. The Morgan fingerprint density at radius 2 is 0.980 bits per heavy atom. The molecule has 1 aromatic carbocycles. The van der Waals surface area contributed by atoms with Crippen molar-refractivity contribution in [2.24, 2.45) is 5.92 Å². The SMILES string of the molecule is CC.CC.CC.COC(C1CCCCC1)C1CCCCN1.COC(c1ccccc1)C1CCCCN1.COC(c1ccccn1)C1CCCCN1. The van der Waals surface area contributed by atoms with Crippen molar-refractivity contribution in [3.05, 3.63) is 66.0 Å². The van der Waals surface area contributed by atoms with E-state index in [1.807, 2.05) is 79.1 Å². The van der Waals surface area contributed by atoms with Gasteiger partial charge in [0.15, 0.2) is 0 Å². The summed E-state index contributed by atoms with van der Waals surface area (Å²) in [6, 6.07) is 18.0. The maximum absolute atomic E-state index is 5.77. The van der Waals surface area contributed by atoms with Crippen LogP contribution in [0, 0.1) is 5.92 Å². The van der Waals surface area contributed by atoms with Gasteiger partial charge in [-0.3, -0.25) is 4.98 Å². The van der Waals surface area contributed by atoms with Gasteiger partial charge in [0.2, 0.25) is 0 Å². The number of piperidine rings is 3. The second kappa shape index (κ2) is 31.6. The zero-order chi connectivity index (χ0) is 37.5. The molecule has 6 rings (SSSR count). The molecule has 3 N–H and O–H groups in total. The van der Waals surface area contributed by atoms with Gasteiger partial charge in [-0.05, 0) is 94.6 Å². The van der Waals surface area contributed by atoms with Gasteiger partial charge in [0.05, 0.1) is 17.9 Å². The van der Waals surface area contributed by atoms with Crippen LogP contribution in [-0.4, -0.2) is 70.2 Å². The Labute approximate surface area is 315 Å². The van der Waals surface area contributed by atoms with E-state index in [4.69, 9.17) is 14.2 Å². The predicted molar refractivity (Wildman–Crippen MR) is 219 cm³/mol. The molecule has 2 aromatic rings. The molecular weight excluding hydrogens is 633 g/mol. The van der Waals surface area contributed by atoms with Crippen LogP contribution in [0.25, 0.3) is 0 Å². The standard InChI is InChI=1S/C13H25NO.C13H19NO.C12H18N2O.3C2H6/c2*1-15-13(11-7-3-2-4-8-11)12-9-5-6-10-14-12;1-15-12(10-6-2-4-8-13-10)11-7-3-5-9-14-11;3*1-2/h11-14H,2-10H2,1H3;2-4,7-8,12-14H,5-6,9-10H2,1H3;2,4,6,8,11-12,14H,3,5,7,9H2,1H3;3*1-2H3. The molecule has 1 aliphatic carbocycles. The summed E-state index contributed by atoms with van der Waals surface area (Å²) in [5.74, 6) is 0.819. The van der Waals surface area contributed by atoms with Crippen LogP contribution in [0.15, 0.2) is 54.7 Å². The minimum atomic E-state index is 0.0894. The molecule has 4 aliphatic rings. The van der Waals surface area contributed by atoms with Gasteiger partial charge in [-0.15, -0.1) is 0 Å². The van der Waals surface area contributed by atoms with Gasteiger partial charge in [-0.1, -0.05) is 116 Å². The van der Waals surface area contributed by atoms with Crippen molar-refractivity contribution in [3.63, 3.8) is 0 Å². The second-order valence-corrected chi connectivity index (χ2v) is 13.2. The Balaban J connectivity index is 0.000000356. The van der Waals surface area contributed by atoms with E-state index in [1.54, 1.807) is 14.2 Å². The summed E-state index contributed by atoms with van der Waals surface area (Å²) in [5, 5.41) is 10.7. The largest absolute Gasteiger partial charge is 0.380 e. The van der Waals surface area contributed by atoms with E-state index >= 15 is 0 Å². The first-order valence-electron chi connectivity index (χ1n) is 21.0. The lowest BCUT2D eigenvalue weighted by Crippen LogP contribution is -2.47. The lowest BCUT2D eigenvalue weighted by Gasteiger charge is -2.37. The molecule has 7 nitrogen and oxygen atoms in total. The fourth-order valence-corrected chi connectivity index (χ4v) is 7.79. The number of pyridine rings is 1. The van der Waals surface area contributed by atoms with Crippen LogP contribution >= 0.6 is 0 Å². The first-order valence-corrected chi connectivity index (χ1v) is 21.0. The predicted octanol–water partition coefficient (Wildman–Crippen LogP) is 10.2. The number of rotatable bonds is 9. The van der Waals surface area contributed by atoms with Gasteiger partial charge >= 0.3 is 0 Å². The van der Waals surface area contributed by atoms with Crippen LogP contribution in [0.1, 0.15) is 155 Å². The van der Waals surface area contributed by atoms with Gasteiger partial charge in [-0.25, -0.2) is 0 Å². The number of hydrogen-bond donors (Lipinski definition) is 3. The summed E-state index contributed by atoms with van der Waals surface area (Å²) in [5.41, 5.74) is 2.30. The third kappa shape index (κ3) is 17.7. The maximum atomic E-state index is 5.77. The van der Waals surface area contributed by atoms with Crippen LogP contribution in [-0.2, 0) is 14.2 Å². The Kier molecular flexibility index (Phi) is 29.2. The molecule has 4 heterocycles. The monoisotopic (exact) mass is 713 g/mol.